The monoisotopic (exact) mass is 385 g/mol. The SMILES string of the molecule is Cc1nn(Cc2ccccc2Cl)c(C)c1CN(C)C(=O)[C@@H](C)n1ccnc1. The summed E-state index contributed by atoms with van der Waals surface area (Å²) in [5.41, 5.74) is 4.06. The Morgan fingerprint density at radius 1 is 1.30 bits per heavy atom. The highest BCUT2D eigenvalue weighted by Gasteiger charge is 2.21. The van der Waals surface area contributed by atoms with Crippen LogP contribution in [0.5, 0.6) is 0 Å². The topological polar surface area (TPSA) is 56.0 Å². The molecule has 6 nitrogen and oxygen atoms in total. The number of benzene rings is 1. The number of hydrogen-bond acceptors (Lipinski definition) is 3. The molecule has 2 heterocycles. The van der Waals surface area contributed by atoms with Crippen LogP contribution >= 0.6 is 11.6 Å². The molecule has 0 spiro atoms. The van der Waals surface area contributed by atoms with Gasteiger partial charge in [0.2, 0.25) is 5.91 Å². The summed E-state index contributed by atoms with van der Waals surface area (Å²) in [6.07, 6.45) is 5.14. The maximum absolute atomic E-state index is 12.7. The van der Waals surface area contributed by atoms with Crippen molar-refractivity contribution in [1.29, 1.82) is 0 Å². The lowest BCUT2D eigenvalue weighted by Crippen LogP contribution is -2.32. The third-order valence-electron chi connectivity index (χ3n) is 4.91. The first-order valence-corrected chi connectivity index (χ1v) is 9.25. The van der Waals surface area contributed by atoms with Crippen LogP contribution in [0.4, 0.5) is 0 Å². The molecule has 3 rings (SSSR count). The van der Waals surface area contributed by atoms with Crippen LogP contribution in [0.2, 0.25) is 5.02 Å². The van der Waals surface area contributed by atoms with E-state index in [0.29, 0.717) is 13.1 Å². The smallest absolute Gasteiger partial charge is 0.245 e. The number of hydrogen-bond donors (Lipinski definition) is 0. The molecule has 0 saturated heterocycles. The summed E-state index contributed by atoms with van der Waals surface area (Å²) in [6, 6.07) is 7.48. The van der Waals surface area contributed by atoms with Crippen LogP contribution in [0.25, 0.3) is 0 Å². The molecule has 0 aliphatic heterocycles. The van der Waals surface area contributed by atoms with Crippen LogP contribution in [-0.2, 0) is 17.9 Å². The first-order chi connectivity index (χ1) is 12.9. The molecule has 1 aromatic carbocycles. The maximum Gasteiger partial charge on any atom is 0.245 e. The van der Waals surface area contributed by atoms with Gasteiger partial charge in [0.1, 0.15) is 6.04 Å². The number of imidazole rings is 1. The van der Waals surface area contributed by atoms with Crippen LogP contribution in [0.1, 0.15) is 35.5 Å². The lowest BCUT2D eigenvalue weighted by molar-refractivity contribution is -0.133. The molecule has 0 saturated carbocycles. The fourth-order valence-corrected chi connectivity index (χ4v) is 3.36. The van der Waals surface area contributed by atoms with E-state index in [1.807, 2.05) is 56.8 Å². The number of carbonyl (C=O) groups excluding carboxylic acids is 1. The highest BCUT2D eigenvalue weighted by atomic mass is 35.5. The van der Waals surface area contributed by atoms with Gasteiger partial charge < -0.3 is 9.47 Å². The van der Waals surface area contributed by atoms with E-state index in [9.17, 15) is 4.79 Å². The fourth-order valence-electron chi connectivity index (χ4n) is 3.16. The highest BCUT2D eigenvalue weighted by molar-refractivity contribution is 6.31. The number of amides is 1. The predicted octanol–water partition coefficient (Wildman–Crippen LogP) is 3.62. The van der Waals surface area contributed by atoms with Crippen molar-refractivity contribution in [3.8, 4) is 0 Å². The van der Waals surface area contributed by atoms with E-state index < -0.39 is 0 Å². The van der Waals surface area contributed by atoms with Crippen molar-refractivity contribution in [2.45, 2.75) is 39.9 Å². The summed E-state index contributed by atoms with van der Waals surface area (Å²) < 4.78 is 3.75. The van der Waals surface area contributed by atoms with Crippen molar-refractivity contribution in [2.24, 2.45) is 0 Å². The largest absolute Gasteiger partial charge is 0.340 e. The third kappa shape index (κ3) is 4.06. The average molecular weight is 386 g/mol. The molecule has 0 aliphatic rings. The van der Waals surface area contributed by atoms with Crippen LogP contribution < -0.4 is 0 Å². The number of nitrogens with zero attached hydrogens (tertiary/aromatic N) is 5. The van der Waals surface area contributed by atoms with Crippen molar-refractivity contribution in [3.05, 3.63) is 70.5 Å². The number of halogens is 1. The minimum atomic E-state index is -0.295. The van der Waals surface area contributed by atoms with Crippen LogP contribution in [-0.4, -0.2) is 37.2 Å². The van der Waals surface area contributed by atoms with E-state index in [0.717, 1.165) is 27.5 Å². The predicted molar refractivity (Wildman–Crippen MR) is 106 cm³/mol. The summed E-state index contributed by atoms with van der Waals surface area (Å²) >= 11 is 6.28. The Hall–Kier alpha value is -2.60. The number of likely N-dealkylation sites (N-methyl/N-ethyl adjacent to an activating group) is 1. The van der Waals surface area contributed by atoms with Crippen LogP contribution in [0, 0.1) is 13.8 Å². The molecule has 0 unspecified atom stereocenters. The number of aryl methyl sites for hydroxylation is 1. The molecule has 0 N–H and O–H groups in total. The molecule has 2 aromatic heterocycles. The van der Waals surface area contributed by atoms with Crippen molar-refractivity contribution in [1.82, 2.24) is 24.2 Å². The summed E-state index contributed by atoms with van der Waals surface area (Å²) in [5, 5.41) is 5.39. The molecule has 142 valence electrons. The van der Waals surface area contributed by atoms with Crippen molar-refractivity contribution in [2.75, 3.05) is 7.05 Å². The minimum Gasteiger partial charge on any atom is -0.340 e. The molecule has 27 heavy (non-hydrogen) atoms. The van der Waals surface area contributed by atoms with Crippen molar-refractivity contribution in [3.63, 3.8) is 0 Å². The molecular formula is C20H24ClN5O. The van der Waals surface area contributed by atoms with E-state index in [2.05, 4.69) is 10.1 Å². The summed E-state index contributed by atoms with van der Waals surface area (Å²) in [4.78, 5) is 18.5. The number of aromatic nitrogens is 4. The molecular weight excluding hydrogens is 362 g/mol. The zero-order valence-corrected chi connectivity index (χ0v) is 16.8. The zero-order chi connectivity index (χ0) is 19.6. The van der Waals surface area contributed by atoms with Gasteiger partial charge in [-0.2, -0.15) is 5.10 Å². The second kappa shape index (κ2) is 7.96. The minimum absolute atomic E-state index is 0.0330. The third-order valence-corrected chi connectivity index (χ3v) is 5.28. The van der Waals surface area contributed by atoms with Crippen molar-refractivity contribution < 1.29 is 4.79 Å². The highest BCUT2D eigenvalue weighted by Crippen LogP contribution is 2.21. The molecule has 3 aromatic rings. The van der Waals surface area contributed by atoms with Gasteiger partial charge in [0.15, 0.2) is 0 Å². The van der Waals surface area contributed by atoms with Gasteiger partial charge in [-0.25, -0.2) is 4.98 Å². The normalized spacial score (nSPS) is 12.2. The van der Waals surface area contributed by atoms with E-state index in [-0.39, 0.29) is 11.9 Å². The Morgan fingerprint density at radius 2 is 2.04 bits per heavy atom. The van der Waals surface area contributed by atoms with Gasteiger partial charge in [0.05, 0.1) is 18.6 Å². The molecule has 7 heteroatoms. The summed E-state index contributed by atoms with van der Waals surface area (Å²) in [6.45, 7) is 7.00. The van der Waals surface area contributed by atoms with E-state index in [1.165, 1.54) is 0 Å². The van der Waals surface area contributed by atoms with Crippen LogP contribution in [0.3, 0.4) is 0 Å². The van der Waals surface area contributed by atoms with Gasteiger partial charge in [0, 0.05) is 42.3 Å². The van der Waals surface area contributed by atoms with Gasteiger partial charge in [-0.15, -0.1) is 0 Å². The van der Waals surface area contributed by atoms with Crippen LogP contribution in [0.15, 0.2) is 43.0 Å². The lowest BCUT2D eigenvalue weighted by atomic mass is 10.1. The Morgan fingerprint density at radius 3 is 2.70 bits per heavy atom. The second-order valence-electron chi connectivity index (χ2n) is 6.78. The zero-order valence-electron chi connectivity index (χ0n) is 16.1. The Balaban J connectivity index is 1.76. The molecule has 1 atom stereocenters. The van der Waals surface area contributed by atoms with E-state index in [1.54, 1.807) is 28.2 Å². The van der Waals surface area contributed by atoms with Crippen molar-refractivity contribution >= 4 is 17.5 Å². The maximum atomic E-state index is 12.7. The van der Waals surface area contributed by atoms with Gasteiger partial charge in [-0.3, -0.25) is 9.48 Å². The lowest BCUT2D eigenvalue weighted by Gasteiger charge is -2.22. The first kappa shape index (κ1) is 19.2. The van der Waals surface area contributed by atoms with Gasteiger partial charge in [-0.1, -0.05) is 29.8 Å². The molecule has 0 bridgehead atoms. The van der Waals surface area contributed by atoms with E-state index >= 15 is 0 Å². The summed E-state index contributed by atoms with van der Waals surface area (Å²) in [7, 11) is 1.82. The Bertz CT molecular complexity index is 932. The number of rotatable bonds is 6. The standard InChI is InChI=1S/C20H24ClN5O/c1-14-18(12-24(4)20(27)16(3)25-10-9-22-13-25)15(2)26(23-14)11-17-7-5-6-8-19(17)21/h5-10,13,16H,11-12H2,1-4H3/t16-/m1/s1. The molecule has 0 aliphatic carbocycles. The molecule has 0 radical (unpaired) electrons. The second-order valence-corrected chi connectivity index (χ2v) is 7.19. The fraction of sp³-hybridized carbons (Fsp3) is 0.350. The Kier molecular flexibility index (Phi) is 5.65. The summed E-state index contributed by atoms with van der Waals surface area (Å²) in [5.74, 6) is 0.0330. The number of carbonyl (C=O) groups is 1. The Labute approximate surface area is 164 Å². The van der Waals surface area contributed by atoms with Gasteiger partial charge in [-0.05, 0) is 32.4 Å². The quantitative estimate of drug-likeness (QED) is 0.651. The molecule has 1 amide bonds. The average Bonchev–Trinajstić information content (AvgIpc) is 3.27. The van der Waals surface area contributed by atoms with Gasteiger partial charge >= 0.3 is 0 Å². The van der Waals surface area contributed by atoms with E-state index in [4.69, 9.17) is 11.6 Å². The molecule has 0 fully saturated rings. The first-order valence-electron chi connectivity index (χ1n) is 8.87. The van der Waals surface area contributed by atoms with Gasteiger partial charge in [0.25, 0.3) is 0 Å².